The van der Waals surface area contributed by atoms with Gasteiger partial charge < -0.3 is 10.1 Å². The molecule has 0 aliphatic carbocycles. The highest BCUT2D eigenvalue weighted by Crippen LogP contribution is 2.23. The molecule has 0 saturated carbocycles. The van der Waals surface area contributed by atoms with Gasteiger partial charge in [0, 0.05) is 38.4 Å². The molecule has 1 fully saturated rings. The molecule has 0 radical (unpaired) electrons. The standard InChI is InChI=1S/C23H26Cl2N2O2/c1-27(20-10-12-29-13-11-20)16-19-4-2-18(3-5-19)15-26-23(28)9-7-17-6-8-21(24)22(25)14-17/h2-9,14,20H,10-13,15-16H2,1H3,(H,26,28). The van der Waals surface area contributed by atoms with Gasteiger partial charge in [-0.05, 0) is 54.8 Å². The van der Waals surface area contributed by atoms with Crippen molar-refractivity contribution < 1.29 is 9.53 Å². The Morgan fingerprint density at radius 2 is 1.79 bits per heavy atom. The summed E-state index contributed by atoms with van der Waals surface area (Å²) in [4.78, 5) is 14.5. The summed E-state index contributed by atoms with van der Waals surface area (Å²) in [6.45, 7) is 3.12. The van der Waals surface area contributed by atoms with E-state index >= 15 is 0 Å². The smallest absolute Gasteiger partial charge is 0.244 e. The first kappa shape index (κ1) is 21.8. The van der Waals surface area contributed by atoms with Crippen molar-refractivity contribution in [1.29, 1.82) is 0 Å². The van der Waals surface area contributed by atoms with Crippen LogP contribution in [0.2, 0.25) is 10.0 Å². The van der Waals surface area contributed by atoms with Crippen LogP contribution in [0.25, 0.3) is 6.08 Å². The van der Waals surface area contributed by atoms with E-state index in [0.717, 1.165) is 43.7 Å². The second-order valence-corrected chi connectivity index (χ2v) is 8.11. The zero-order valence-electron chi connectivity index (χ0n) is 16.5. The molecule has 3 rings (SSSR count). The fourth-order valence-electron chi connectivity index (χ4n) is 3.34. The Balaban J connectivity index is 1.46. The van der Waals surface area contributed by atoms with Crippen molar-refractivity contribution in [2.24, 2.45) is 0 Å². The number of amides is 1. The maximum Gasteiger partial charge on any atom is 0.244 e. The van der Waals surface area contributed by atoms with Gasteiger partial charge in [0.15, 0.2) is 0 Å². The molecule has 1 amide bonds. The lowest BCUT2D eigenvalue weighted by molar-refractivity contribution is -0.116. The number of carbonyl (C=O) groups excluding carboxylic acids is 1. The highest BCUT2D eigenvalue weighted by Gasteiger charge is 2.18. The highest BCUT2D eigenvalue weighted by atomic mass is 35.5. The first-order chi connectivity index (χ1) is 14.0. The van der Waals surface area contributed by atoms with E-state index < -0.39 is 0 Å². The Bertz CT molecular complexity index is 846. The molecule has 0 atom stereocenters. The molecule has 4 nitrogen and oxygen atoms in total. The fourth-order valence-corrected chi connectivity index (χ4v) is 3.65. The number of carbonyl (C=O) groups is 1. The number of rotatable bonds is 7. The molecule has 0 aromatic heterocycles. The minimum atomic E-state index is -0.153. The molecule has 1 saturated heterocycles. The minimum Gasteiger partial charge on any atom is -0.381 e. The lowest BCUT2D eigenvalue weighted by Crippen LogP contribution is -2.36. The summed E-state index contributed by atoms with van der Waals surface area (Å²) in [5.74, 6) is -0.153. The minimum absolute atomic E-state index is 0.153. The van der Waals surface area contributed by atoms with Crippen molar-refractivity contribution in [2.45, 2.75) is 32.0 Å². The van der Waals surface area contributed by atoms with E-state index in [1.165, 1.54) is 11.6 Å². The van der Waals surface area contributed by atoms with Crippen LogP contribution >= 0.6 is 23.2 Å². The Kier molecular flexibility index (Phi) is 8.13. The number of hydrogen-bond acceptors (Lipinski definition) is 3. The van der Waals surface area contributed by atoms with Crippen molar-refractivity contribution in [3.05, 3.63) is 75.3 Å². The summed E-state index contributed by atoms with van der Waals surface area (Å²) in [5.41, 5.74) is 3.17. The predicted molar refractivity (Wildman–Crippen MR) is 119 cm³/mol. The highest BCUT2D eigenvalue weighted by molar-refractivity contribution is 6.42. The van der Waals surface area contributed by atoms with Crippen LogP contribution in [-0.2, 0) is 22.6 Å². The molecule has 154 valence electrons. The molecule has 1 N–H and O–H groups in total. The molecule has 0 bridgehead atoms. The van der Waals surface area contributed by atoms with Gasteiger partial charge >= 0.3 is 0 Å². The van der Waals surface area contributed by atoms with Crippen LogP contribution in [-0.4, -0.2) is 37.1 Å². The first-order valence-corrected chi connectivity index (χ1v) is 10.5. The van der Waals surface area contributed by atoms with Gasteiger partial charge in [-0.1, -0.05) is 53.5 Å². The normalized spacial score (nSPS) is 15.2. The second-order valence-electron chi connectivity index (χ2n) is 7.30. The van der Waals surface area contributed by atoms with E-state index in [4.69, 9.17) is 27.9 Å². The lowest BCUT2D eigenvalue weighted by Gasteiger charge is -2.31. The van der Waals surface area contributed by atoms with Crippen LogP contribution in [0.4, 0.5) is 0 Å². The number of ether oxygens (including phenoxy) is 1. The van der Waals surface area contributed by atoms with E-state index in [1.54, 1.807) is 18.2 Å². The molecule has 1 aliphatic heterocycles. The summed E-state index contributed by atoms with van der Waals surface area (Å²) in [6.07, 6.45) is 5.40. The summed E-state index contributed by atoms with van der Waals surface area (Å²) in [6, 6.07) is 14.2. The van der Waals surface area contributed by atoms with Gasteiger partial charge in [-0.2, -0.15) is 0 Å². The summed E-state index contributed by atoms with van der Waals surface area (Å²) < 4.78 is 5.44. The van der Waals surface area contributed by atoms with Gasteiger partial charge in [-0.3, -0.25) is 9.69 Å². The van der Waals surface area contributed by atoms with Crippen molar-refractivity contribution >= 4 is 35.2 Å². The maximum atomic E-state index is 12.1. The molecule has 29 heavy (non-hydrogen) atoms. The van der Waals surface area contributed by atoms with Crippen LogP contribution in [0.15, 0.2) is 48.5 Å². The number of nitrogens with zero attached hydrogens (tertiary/aromatic N) is 1. The zero-order chi connectivity index (χ0) is 20.6. The molecule has 2 aromatic rings. The molecule has 1 heterocycles. The van der Waals surface area contributed by atoms with E-state index in [2.05, 4.69) is 41.5 Å². The summed E-state index contributed by atoms with van der Waals surface area (Å²) in [5, 5.41) is 3.86. The molecule has 0 unspecified atom stereocenters. The van der Waals surface area contributed by atoms with Crippen LogP contribution in [0.3, 0.4) is 0 Å². The summed E-state index contributed by atoms with van der Waals surface area (Å²) in [7, 11) is 2.17. The lowest BCUT2D eigenvalue weighted by atomic mass is 10.1. The average Bonchev–Trinajstić information content (AvgIpc) is 2.74. The predicted octanol–water partition coefficient (Wildman–Crippen LogP) is 4.93. The van der Waals surface area contributed by atoms with E-state index in [9.17, 15) is 4.79 Å². The number of halogens is 2. The van der Waals surface area contributed by atoms with Gasteiger partial charge in [0.25, 0.3) is 0 Å². The number of hydrogen-bond donors (Lipinski definition) is 1. The Labute approximate surface area is 182 Å². The van der Waals surface area contributed by atoms with Crippen molar-refractivity contribution in [3.63, 3.8) is 0 Å². The number of nitrogens with one attached hydrogen (secondary N) is 1. The maximum absolute atomic E-state index is 12.1. The third-order valence-electron chi connectivity index (χ3n) is 5.11. The number of benzene rings is 2. The van der Waals surface area contributed by atoms with Crippen LogP contribution in [0.5, 0.6) is 0 Å². The Morgan fingerprint density at radius 3 is 2.48 bits per heavy atom. The zero-order valence-corrected chi connectivity index (χ0v) is 18.0. The quantitative estimate of drug-likeness (QED) is 0.630. The average molecular weight is 433 g/mol. The topological polar surface area (TPSA) is 41.6 Å². The molecular weight excluding hydrogens is 407 g/mol. The molecule has 2 aromatic carbocycles. The Hall–Kier alpha value is -1.85. The van der Waals surface area contributed by atoms with Crippen LogP contribution < -0.4 is 5.32 Å². The van der Waals surface area contributed by atoms with Gasteiger partial charge in [-0.15, -0.1) is 0 Å². The SMILES string of the molecule is CN(Cc1ccc(CNC(=O)C=Cc2ccc(Cl)c(Cl)c2)cc1)C1CCOCC1. The first-order valence-electron chi connectivity index (χ1n) is 9.78. The van der Waals surface area contributed by atoms with Gasteiger partial charge in [0.2, 0.25) is 5.91 Å². The van der Waals surface area contributed by atoms with Crippen LogP contribution in [0.1, 0.15) is 29.5 Å². The van der Waals surface area contributed by atoms with Crippen molar-refractivity contribution in [1.82, 2.24) is 10.2 Å². The third kappa shape index (κ3) is 6.86. The fraction of sp³-hybridized carbons (Fsp3) is 0.348. The van der Waals surface area contributed by atoms with E-state index in [0.29, 0.717) is 22.6 Å². The summed E-state index contributed by atoms with van der Waals surface area (Å²) >= 11 is 11.9. The largest absolute Gasteiger partial charge is 0.381 e. The van der Waals surface area contributed by atoms with Gasteiger partial charge in [0.05, 0.1) is 10.0 Å². The van der Waals surface area contributed by atoms with Crippen LogP contribution in [0, 0.1) is 0 Å². The van der Waals surface area contributed by atoms with Gasteiger partial charge in [0.1, 0.15) is 0 Å². The Morgan fingerprint density at radius 1 is 1.10 bits per heavy atom. The molecule has 1 aliphatic rings. The second kappa shape index (κ2) is 10.8. The molecule has 6 heteroatoms. The molecular formula is C23H26Cl2N2O2. The monoisotopic (exact) mass is 432 g/mol. The van der Waals surface area contributed by atoms with E-state index in [-0.39, 0.29) is 5.91 Å². The van der Waals surface area contributed by atoms with Crippen molar-refractivity contribution in [2.75, 3.05) is 20.3 Å². The molecule has 0 spiro atoms. The van der Waals surface area contributed by atoms with E-state index in [1.807, 2.05) is 6.07 Å². The van der Waals surface area contributed by atoms with Crippen molar-refractivity contribution in [3.8, 4) is 0 Å². The van der Waals surface area contributed by atoms with Gasteiger partial charge in [-0.25, -0.2) is 0 Å². The third-order valence-corrected chi connectivity index (χ3v) is 5.85.